The Labute approximate surface area is 489 Å². The van der Waals surface area contributed by atoms with Crippen LogP contribution in [0.15, 0.2) is 285 Å². The highest BCUT2D eigenvalue weighted by Crippen LogP contribution is 2.46. The van der Waals surface area contributed by atoms with Crippen LogP contribution < -0.4 is 11.1 Å². The predicted molar refractivity (Wildman–Crippen MR) is 355 cm³/mol. The lowest BCUT2D eigenvalue weighted by Gasteiger charge is -2.13. The molecule has 398 valence electrons. The first-order valence-electron chi connectivity index (χ1n) is 29.1. The molecule has 19 aromatic rings. The molecule has 0 N–H and O–H groups in total. The van der Waals surface area contributed by atoms with Gasteiger partial charge in [0.15, 0.2) is 0 Å². The van der Waals surface area contributed by atoms with E-state index in [1.54, 1.807) is 0 Å². The van der Waals surface area contributed by atoms with Crippen molar-refractivity contribution in [2.75, 3.05) is 0 Å². The SMILES string of the molecule is O=c1c2ccccc2c2cc(-c3cccc4c3oc3cc(-c5cccc(-c6cc7c8cccc(-c9ccccc9)c8c(=O)n8c9ccc(-c%10ccccc%10)cc9c(c6)c78)c5)ccc34)cc3c4cc(-c5cccc6c5oc5ccccc56)ccc4n1c23. The minimum absolute atomic E-state index is 0.0201. The molecule has 6 nitrogen and oxygen atoms in total. The molecule has 0 radical (unpaired) electrons. The van der Waals surface area contributed by atoms with Crippen LogP contribution in [0.4, 0.5) is 0 Å². The number of rotatable bonds is 6. The molecule has 0 amide bonds. The van der Waals surface area contributed by atoms with E-state index in [2.05, 4.69) is 206 Å². The smallest absolute Gasteiger partial charge is 0.264 e. The fourth-order valence-corrected chi connectivity index (χ4v) is 14.5. The maximum atomic E-state index is 15.1. The summed E-state index contributed by atoms with van der Waals surface area (Å²) in [6, 6.07) is 93.1. The van der Waals surface area contributed by atoms with E-state index in [0.717, 1.165) is 176 Å². The van der Waals surface area contributed by atoms with Crippen LogP contribution in [0.3, 0.4) is 0 Å². The largest absolute Gasteiger partial charge is 0.455 e. The summed E-state index contributed by atoms with van der Waals surface area (Å²) in [6.07, 6.45) is 0. The fourth-order valence-electron chi connectivity index (χ4n) is 14.5. The van der Waals surface area contributed by atoms with Gasteiger partial charge in [-0.2, -0.15) is 0 Å². The zero-order valence-electron chi connectivity index (χ0n) is 45.9. The molecule has 0 bridgehead atoms. The molecule has 6 heterocycles. The molecule has 13 aromatic carbocycles. The average Bonchev–Trinajstić information content (AvgIpc) is 1.59. The van der Waals surface area contributed by atoms with E-state index in [0.29, 0.717) is 10.8 Å². The van der Waals surface area contributed by atoms with Crippen LogP contribution in [0.1, 0.15) is 0 Å². The quantitative estimate of drug-likeness (QED) is 0.156. The highest BCUT2D eigenvalue weighted by molar-refractivity contribution is 6.25. The Kier molecular flexibility index (Phi) is 9.54. The summed E-state index contributed by atoms with van der Waals surface area (Å²) in [4.78, 5) is 29.8. The minimum Gasteiger partial charge on any atom is -0.455 e. The number of furan rings is 2. The Morgan fingerprint density at radius 2 is 0.674 bits per heavy atom. The maximum Gasteiger partial charge on any atom is 0.264 e. The fraction of sp³-hybridized carbons (Fsp3) is 0. The van der Waals surface area contributed by atoms with E-state index >= 15 is 4.79 Å². The van der Waals surface area contributed by atoms with E-state index < -0.39 is 0 Å². The van der Waals surface area contributed by atoms with Crippen molar-refractivity contribution in [1.29, 1.82) is 0 Å². The number of fused-ring (bicyclic) bond motifs is 16. The van der Waals surface area contributed by atoms with Crippen molar-refractivity contribution in [2.24, 2.45) is 0 Å². The van der Waals surface area contributed by atoms with Gasteiger partial charge in [-0.15, -0.1) is 0 Å². The number of hydrogen-bond donors (Lipinski definition) is 0. The van der Waals surface area contributed by atoms with Crippen molar-refractivity contribution < 1.29 is 8.83 Å². The van der Waals surface area contributed by atoms with Gasteiger partial charge in [0.1, 0.15) is 22.3 Å². The molecule has 0 aliphatic rings. The van der Waals surface area contributed by atoms with E-state index in [9.17, 15) is 4.79 Å². The molecule has 0 unspecified atom stereocenters. The number of para-hydroxylation sites is 3. The molecule has 0 saturated carbocycles. The summed E-state index contributed by atoms with van der Waals surface area (Å²) < 4.78 is 17.5. The summed E-state index contributed by atoms with van der Waals surface area (Å²) in [6.45, 7) is 0. The van der Waals surface area contributed by atoms with Gasteiger partial charge < -0.3 is 8.83 Å². The van der Waals surface area contributed by atoms with Crippen LogP contribution in [0.2, 0.25) is 0 Å². The summed E-state index contributed by atoms with van der Waals surface area (Å²) in [7, 11) is 0. The Hall–Kier alpha value is -11.6. The third-order valence-electron chi connectivity index (χ3n) is 18.4. The molecule has 0 atom stereocenters. The first-order valence-corrected chi connectivity index (χ1v) is 29.1. The average molecular weight is 1100 g/mol. The zero-order chi connectivity index (χ0) is 56.5. The van der Waals surface area contributed by atoms with Crippen LogP contribution in [0, 0.1) is 0 Å². The third kappa shape index (κ3) is 6.55. The van der Waals surface area contributed by atoms with Crippen LogP contribution in [0.25, 0.3) is 187 Å². The van der Waals surface area contributed by atoms with Gasteiger partial charge in [-0.1, -0.05) is 188 Å². The van der Waals surface area contributed by atoms with Crippen molar-refractivity contribution in [3.63, 3.8) is 0 Å². The molecule has 6 aromatic heterocycles. The van der Waals surface area contributed by atoms with Gasteiger partial charge >= 0.3 is 0 Å². The second-order valence-electron chi connectivity index (χ2n) is 22.9. The number of nitrogens with zero attached hydrogens (tertiary/aromatic N) is 2. The van der Waals surface area contributed by atoms with Crippen molar-refractivity contribution in [1.82, 2.24) is 8.80 Å². The lowest BCUT2D eigenvalue weighted by atomic mass is 9.93. The highest BCUT2D eigenvalue weighted by atomic mass is 16.3. The van der Waals surface area contributed by atoms with E-state index in [1.807, 2.05) is 69.5 Å². The number of pyridine rings is 2. The molecule has 0 fully saturated rings. The van der Waals surface area contributed by atoms with Crippen LogP contribution in [-0.4, -0.2) is 8.80 Å². The Morgan fingerprint density at radius 1 is 0.233 bits per heavy atom. The summed E-state index contributed by atoms with van der Waals surface area (Å²) >= 11 is 0. The monoisotopic (exact) mass is 1100 g/mol. The zero-order valence-corrected chi connectivity index (χ0v) is 45.9. The normalized spacial score (nSPS) is 12.3. The van der Waals surface area contributed by atoms with Gasteiger partial charge in [-0.3, -0.25) is 18.4 Å². The number of aromatic nitrogens is 2. The van der Waals surface area contributed by atoms with Crippen molar-refractivity contribution in [3.05, 3.63) is 288 Å². The maximum absolute atomic E-state index is 15.1. The molecule has 0 saturated heterocycles. The van der Waals surface area contributed by atoms with Crippen LogP contribution in [0.5, 0.6) is 0 Å². The first-order chi connectivity index (χ1) is 42.5. The second-order valence-corrected chi connectivity index (χ2v) is 22.9. The first kappa shape index (κ1) is 46.9. The molecular formula is C80H44N2O4. The Morgan fingerprint density at radius 3 is 1.40 bits per heavy atom. The van der Waals surface area contributed by atoms with E-state index in [1.165, 1.54) is 0 Å². The molecule has 19 rings (SSSR count). The third-order valence-corrected chi connectivity index (χ3v) is 18.4. The summed E-state index contributed by atoms with van der Waals surface area (Å²) in [5, 5.41) is 13.5. The molecular weight excluding hydrogens is 1050 g/mol. The van der Waals surface area contributed by atoms with E-state index in [4.69, 9.17) is 8.83 Å². The second kappa shape index (κ2) is 17.5. The van der Waals surface area contributed by atoms with Crippen molar-refractivity contribution in [2.45, 2.75) is 0 Å². The van der Waals surface area contributed by atoms with Crippen molar-refractivity contribution in [3.8, 4) is 66.8 Å². The lowest BCUT2D eigenvalue weighted by molar-refractivity contribution is 0.669. The van der Waals surface area contributed by atoms with Gasteiger partial charge in [0.25, 0.3) is 11.1 Å². The standard InChI is InChI=1S/C80H44N2O4/c83-79-63-23-8-7-21-57(63)66-42-53(43-69-65-39-51(33-36-70(65)81(79)75(66)69)55-25-13-28-61-58-22-9-10-30-72(58)85-77(55)61)56-26-14-29-62-59-34-31-50(44-73(59)86-78(56)62)47-19-11-20-48(37-47)52-40-67-60-27-12-24-54(46-17-5-2-6-18-46)74(60)80(84)82-71-35-32-49(45-15-3-1-4-16-45)38-64(71)68(41-52)76(67)82/h1-44H. The summed E-state index contributed by atoms with van der Waals surface area (Å²) in [5.74, 6) is 0. The van der Waals surface area contributed by atoms with Crippen molar-refractivity contribution >= 4 is 120 Å². The number of benzene rings is 13. The number of hydrogen-bond acceptors (Lipinski definition) is 4. The van der Waals surface area contributed by atoms with E-state index in [-0.39, 0.29) is 11.1 Å². The molecule has 0 spiro atoms. The van der Waals surface area contributed by atoms with Crippen LogP contribution in [-0.2, 0) is 0 Å². The Bertz CT molecular complexity index is 6240. The molecule has 0 aliphatic carbocycles. The minimum atomic E-state index is -0.0356. The van der Waals surface area contributed by atoms with Gasteiger partial charge in [0.2, 0.25) is 0 Å². The molecule has 6 heteroatoms. The van der Waals surface area contributed by atoms with Crippen LogP contribution >= 0.6 is 0 Å². The Balaban J connectivity index is 0.770. The predicted octanol–water partition coefficient (Wildman–Crippen LogP) is 20.5. The molecule has 0 aliphatic heterocycles. The van der Waals surface area contributed by atoms with Gasteiger partial charge in [-0.25, -0.2) is 0 Å². The summed E-state index contributed by atoms with van der Waals surface area (Å²) in [5.41, 5.74) is 19.1. The van der Waals surface area contributed by atoms with Gasteiger partial charge in [0, 0.05) is 70.4 Å². The van der Waals surface area contributed by atoms with Gasteiger partial charge in [0.05, 0.1) is 27.5 Å². The topological polar surface area (TPSA) is 69.2 Å². The lowest BCUT2D eigenvalue weighted by Crippen LogP contribution is -2.14. The van der Waals surface area contributed by atoms with Gasteiger partial charge in [-0.05, 0) is 145 Å². The highest BCUT2D eigenvalue weighted by Gasteiger charge is 2.25. The molecule has 86 heavy (non-hydrogen) atoms.